The Bertz CT molecular complexity index is 537. The quantitative estimate of drug-likeness (QED) is 0.809. The van der Waals surface area contributed by atoms with Gasteiger partial charge in [-0.1, -0.05) is 6.07 Å². The number of fused-ring (bicyclic) bond motifs is 1. The predicted molar refractivity (Wildman–Crippen MR) is 69.7 cm³/mol. The summed E-state index contributed by atoms with van der Waals surface area (Å²) in [6.07, 6.45) is 4.50. The van der Waals surface area contributed by atoms with Crippen molar-refractivity contribution in [1.82, 2.24) is 19.9 Å². The summed E-state index contributed by atoms with van der Waals surface area (Å²) in [6.45, 7) is 4.48. The van der Waals surface area contributed by atoms with Crippen LogP contribution in [0.3, 0.4) is 0 Å². The molecular weight excluding hydrogens is 226 g/mol. The third-order valence-corrected chi connectivity index (χ3v) is 4.28. The number of hydrogen-bond donors (Lipinski definition) is 1. The molecule has 2 aliphatic rings. The van der Waals surface area contributed by atoms with Gasteiger partial charge in [-0.3, -0.25) is 0 Å². The third kappa shape index (κ3) is 1.50. The van der Waals surface area contributed by atoms with Crippen molar-refractivity contribution in [2.75, 3.05) is 31.1 Å². The minimum Gasteiger partial charge on any atom is -0.339 e. The van der Waals surface area contributed by atoms with Crippen molar-refractivity contribution in [2.45, 2.75) is 12.8 Å². The highest BCUT2D eigenvalue weighted by atomic mass is 15.4. The van der Waals surface area contributed by atoms with E-state index in [1.165, 1.54) is 12.8 Å². The lowest BCUT2D eigenvalue weighted by molar-refractivity contribution is 0.369. The van der Waals surface area contributed by atoms with Crippen LogP contribution >= 0.6 is 0 Å². The SMILES string of the molecule is c1ccn2nc(N3CCC4(CCNC4)C3)nc2c1. The van der Waals surface area contributed by atoms with E-state index in [0.29, 0.717) is 5.41 Å². The Balaban J connectivity index is 1.64. The molecule has 0 bridgehead atoms. The molecule has 2 saturated heterocycles. The molecule has 4 rings (SSSR count). The van der Waals surface area contributed by atoms with Crippen LogP contribution in [0.1, 0.15) is 12.8 Å². The van der Waals surface area contributed by atoms with E-state index in [9.17, 15) is 0 Å². The summed E-state index contributed by atoms with van der Waals surface area (Å²) in [5, 5.41) is 8.04. The van der Waals surface area contributed by atoms with E-state index in [4.69, 9.17) is 0 Å². The first-order chi connectivity index (χ1) is 8.85. The van der Waals surface area contributed by atoms with Crippen LogP contribution < -0.4 is 10.2 Å². The van der Waals surface area contributed by atoms with Crippen molar-refractivity contribution in [1.29, 1.82) is 0 Å². The maximum absolute atomic E-state index is 4.61. The smallest absolute Gasteiger partial charge is 0.245 e. The lowest BCUT2D eigenvalue weighted by atomic mass is 9.87. The topological polar surface area (TPSA) is 45.5 Å². The summed E-state index contributed by atoms with van der Waals surface area (Å²) in [7, 11) is 0. The van der Waals surface area contributed by atoms with Crippen molar-refractivity contribution in [3.8, 4) is 0 Å². The molecule has 0 amide bonds. The van der Waals surface area contributed by atoms with Gasteiger partial charge in [0.15, 0.2) is 5.65 Å². The van der Waals surface area contributed by atoms with Crippen LogP contribution in [0.5, 0.6) is 0 Å². The van der Waals surface area contributed by atoms with E-state index in [0.717, 1.165) is 37.8 Å². The summed E-state index contributed by atoms with van der Waals surface area (Å²) in [5.74, 6) is 0.880. The maximum Gasteiger partial charge on any atom is 0.245 e. The van der Waals surface area contributed by atoms with Gasteiger partial charge in [0.25, 0.3) is 0 Å². The normalized spacial score (nSPS) is 27.7. The van der Waals surface area contributed by atoms with Crippen LogP contribution in [0.25, 0.3) is 5.65 Å². The molecule has 1 unspecified atom stereocenters. The number of pyridine rings is 1. The monoisotopic (exact) mass is 243 g/mol. The minimum atomic E-state index is 0.470. The number of aromatic nitrogens is 3. The van der Waals surface area contributed by atoms with E-state index in [-0.39, 0.29) is 0 Å². The number of rotatable bonds is 1. The minimum absolute atomic E-state index is 0.470. The average molecular weight is 243 g/mol. The third-order valence-electron chi connectivity index (χ3n) is 4.28. The molecule has 94 valence electrons. The van der Waals surface area contributed by atoms with Gasteiger partial charge in [0.2, 0.25) is 5.95 Å². The molecule has 0 radical (unpaired) electrons. The first kappa shape index (κ1) is 10.3. The summed E-state index contributed by atoms with van der Waals surface area (Å²) in [6, 6.07) is 5.98. The molecule has 4 heterocycles. The highest BCUT2D eigenvalue weighted by Gasteiger charge is 2.41. The zero-order chi connectivity index (χ0) is 12.0. The molecule has 0 aliphatic carbocycles. The van der Waals surface area contributed by atoms with Gasteiger partial charge in [0.1, 0.15) is 0 Å². The molecule has 1 spiro atoms. The van der Waals surface area contributed by atoms with Gasteiger partial charge in [-0.15, -0.1) is 5.10 Å². The summed E-state index contributed by atoms with van der Waals surface area (Å²) >= 11 is 0. The van der Waals surface area contributed by atoms with Crippen molar-refractivity contribution in [3.05, 3.63) is 24.4 Å². The molecule has 0 saturated carbocycles. The molecule has 5 heteroatoms. The Labute approximate surface area is 106 Å². The van der Waals surface area contributed by atoms with Crippen LogP contribution in [0, 0.1) is 5.41 Å². The Morgan fingerprint density at radius 1 is 1.28 bits per heavy atom. The van der Waals surface area contributed by atoms with Crippen LogP contribution in [-0.2, 0) is 0 Å². The zero-order valence-corrected chi connectivity index (χ0v) is 10.3. The number of nitrogens with one attached hydrogen (secondary N) is 1. The van der Waals surface area contributed by atoms with Crippen LogP contribution in [0.15, 0.2) is 24.4 Å². The Morgan fingerprint density at radius 2 is 2.28 bits per heavy atom. The first-order valence-corrected chi connectivity index (χ1v) is 6.62. The van der Waals surface area contributed by atoms with Gasteiger partial charge in [0, 0.05) is 31.2 Å². The van der Waals surface area contributed by atoms with E-state index in [2.05, 4.69) is 20.3 Å². The van der Waals surface area contributed by atoms with Gasteiger partial charge < -0.3 is 10.2 Å². The highest BCUT2D eigenvalue weighted by Crippen LogP contribution is 2.37. The van der Waals surface area contributed by atoms with E-state index in [1.54, 1.807) is 0 Å². The van der Waals surface area contributed by atoms with Gasteiger partial charge in [-0.05, 0) is 31.5 Å². The van der Waals surface area contributed by atoms with Gasteiger partial charge >= 0.3 is 0 Å². The second kappa shape index (κ2) is 3.68. The lowest BCUT2D eigenvalue weighted by Crippen LogP contribution is -2.29. The fourth-order valence-electron chi connectivity index (χ4n) is 3.20. The fraction of sp³-hybridized carbons (Fsp3) is 0.538. The predicted octanol–water partition coefficient (Wildman–Crippen LogP) is 0.919. The van der Waals surface area contributed by atoms with Crippen molar-refractivity contribution in [2.24, 2.45) is 5.41 Å². The van der Waals surface area contributed by atoms with E-state index >= 15 is 0 Å². The van der Waals surface area contributed by atoms with Gasteiger partial charge in [-0.2, -0.15) is 4.98 Å². The first-order valence-electron chi connectivity index (χ1n) is 6.62. The largest absolute Gasteiger partial charge is 0.339 e. The van der Waals surface area contributed by atoms with Crippen LogP contribution in [0.4, 0.5) is 5.95 Å². The molecule has 2 aromatic heterocycles. The molecule has 0 aromatic carbocycles. The molecular formula is C13H17N5. The van der Waals surface area contributed by atoms with E-state index < -0.39 is 0 Å². The second-order valence-corrected chi connectivity index (χ2v) is 5.51. The Kier molecular flexibility index (Phi) is 2.11. The Morgan fingerprint density at radius 3 is 3.11 bits per heavy atom. The second-order valence-electron chi connectivity index (χ2n) is 5.51. The van der Waals surface area contributed by atoms with Gasteiger partial charge in [-0.25, -0.2) is 4.52 Å². The Hall–Kier alpha value is -1.62. The molecule has 5 nitrogen and oxygen atoms in total. The van der Waals surface area contributed by atoms with Gasteiger partial charge in [0.05, 0.1) is 0 Å². The average Bonchev–Trinajstić information content (AvgIpc) is 3.10. The summed E-state index contributed by atoms with van der Waals surface area (Å²) in [5.41, 5.74) is 1.40. The number of nitrogens with zero attached hydrogens (tertiary/aromatic N) is 4. The van der Waals surface area contributed by atoms with Crippen LogP contribution in [0.2, 0.25) is 0 Å². The highest BCUT2D eigenvalue weighted by molar-refractivity contribution is 5.45. The standard InChI is InChI=1S/C13H17N5/c1-2-7-18-11(3-1)15-12(16-18)17-8-5-13(10-17)4-6-14-9-13/h1-3,7,14H,4-6,8-10H2. The number of anilines is 1. The van der Waals surface area contributed by atoms with Crippen molar-refractivity contribution < 1.29 is 0 Å². The molecule has 2 fully saturated rings. The van der Waals surface area contributed by atoms with E-state index in [1.807, 2.05) is 28.9 Å². The molecule has 1 atom stereocenters. The zero-order valence-electron chi connectivity index (χ0n) is 10.3. The summed E-state index contributed by atoms with van der Waals surface area (Å²) < 4.78 is 1.85. The molecule has 1 N–H and O–H groups in total. The van der Waals surface area contributed by atoms with Crippen molar-refractivity contribution >= 4 is 11.6 Å². The molecule has 2 aliphatic heterocycles. The number of hydrogen-bond acceptors (Lipinski definition) is 4. The van der Waals surface area contributed by atoms with Crippen molar-refractivity contribution in [3.63, 3.8) is 0 Å². The molecule has 2 aromatic rings. The molecule has 18 heavy (non-hydrogen) atoms. The van der Waals surface area contributed by atoms with Crippen LogP contribution in [-0.4, -0.2) is 40.8 Å². The maximum atomic E-state index is 4.61. The fourth-order valence-corrected chi connectivity index (χ4v) is 3.20. The lowest BCUT2D eigenvalue weighted by Gasteiger charge is -2.21. The summed E-state index contributed by atoms with van der Waals surface area (Å²) in [4.78, 5) is 6.94.